The van der Waals surface area contributed by atoms with Crippen LogP contribution in [0.2, 0.25) is 0 Å². The molecule has 0 bridgehead atoms. The summed E-state index contributed by atoms with van der Waals surface area (Å²) in [4.78, 5) is 28.0. The molecule has 2 aromatic rings. The van der Waals surface area contributed by atoms with E-state index in [1.165, 1.54) is 26.4 Å². The molecule has 1 fully saturated rings. The summed E-state index contributed by atoms with van der Waals surface area (Å²) in [5.41, 5.74) is 1.37. The Hall–Kier alpha value is -3.13. The van der Waals surface area contributed by atoms with E-state index in [1.807, 2.05) is 30.3 Å². The van der Waals surface area contributed by atoms with Crippen LogP contribution in [0.4, 0.5) is 16.2 Å². The van der Waals surface area contributed by atoms with E-state index in [0.717, 1.165) is 18.5 Å². The van der Waals surface area contributed by atoms with E-state index in [4.69, 9.17) is 14.6 Å². The zero-order chi connectivity index (χ0) is 22.5. The van der Waals surface area contributed by atoms with Crippen molar-refractivity contribution in [3.63, 3.8) is 0 Å². The van der Waals surface area contributed by atoms with Gasteiger partial charge in [0.1, 0.15) is 12.4 Å². The SMILES string of the molecule is COCC(=O)O.COc1cncc(N(C(=O)OCC2CCCCC2)c2ccccc2)c1. The number of carbonyl (C=O) groups excluding carboxylic acids is 1. The molecule has 8 nitrogen and oxygen atoms in total. The highest BCUT2D eigenvalue weighted by Gasteiger charge is 2.22. The number of ether oxygens (including phenoxy) is 3. The van der Waals surface area contributed by atoms with Crippen molar-refractivity contribution in [2.24, 2.45) is 5.92 Å². The highest BCUT2D eigenvalue weighted by Crippen LogP contribution is 2.29. The van der Waals surface area contributed by atoms with Crippen molar-refractivity contribution < 1.29 is 28.9 Å². The molecule has 31 heavy (non-hydrogen) atoms. The number of hydrogen-bond donors (Lipinski definition) is 1. The van der Waals surface area contributed by atoms with Gasteiger partial charge in [-0.2, -0.15) is 0 Å². The van der Waals surface area contributed by atoms with Gasteiger partial charge in [0, 0.05) is 13.2 Å². The highest BCUT2D eigenvalue weighted by molar-refractivity contribution is 5.95. The first-order valence-corrected chi connectivity index (χ1v) is 10.3. The number of nitrogens with zero attached hydrogens (tertiary/aromatic N) is 2. The van der Waals surface area contributed by atoms with Crippen LogP contribution in [0, 0.1) is 5.92 Å². The Labute approximate surface area is 182 Å². The Morgan fingerprint density at radius 3 is 2.35 bits per heavy atom. The highest BCUT2D eigenvalue weighted by atomic mass is 16.6. The molecular weight excluding hydrogens is 400 g/mol. The maximum Gasteiger partial charge on any atom is 0.419 e. The Morgan fingerprint density at radius 1 is 1.06 bits per heavy atom. The van der Waals surface area contributed by atoms with Gasteiger partial charge >= 0.3 is 12.1 Å². The van der Waals surface area contributed by atoms with Crippen molar-refractivity contribution in [2.75, 3.05) is 32.3 Å². The number of pyridine rings is 1. The Bertz CT molecular complexity index is 809. The van der Waals surface area contributed by atoms with Crippen molar-refractivity contribution >= 4 is 23.4 Å². The molecule has 8 heteroatoms. The molecule has 0 saturated heterocycles. The molecule has 1 amide bonds. The standard InChI is InChI=1S/C20H24N2O3.C3H6O3/c1-24-19-12-18(13-21-14-19)22(17-10-6-3-7-11-17)20(23)25-15-16-8-4-2-5-9-16;1-6-2-3(4)5/h3,6-7,10-14,16H,2,4-5,8-9,15H2,1H3;2H2,1H3,(H,4,5). The summed E-state index contributed by atoms with van der Waals surface area (Å²) in [7, 11) is 2.92. The summed E-state index contributed by atoms with van der Waals surface area (Å²) >= 11 is 0. The normalized spacial score (nSPS) is 13.5. The average Bonchev–Trinajstić information content (AvgIpc) is 2.80. The van der Waals surface area contributed by atoms with E-state index in [9.17, 15) is 9.59 Å². The third kappa shape index (κ3) is 8.25. The number of para-hydroxylation sites is 1. The van der Waals surface area contributed by atoms with Crippen molar-refractivity contribution in [1.82, 2.24) is 4.98 Å². The lowest BCUT2D eigenvalue weighted by Gasteiger charge is -2.25. The van der Waals surface area contributed by atoms with Crippen LogP contribution in [-0.4, -0.2) is 49.6 Å². The van der Waals surface area contributed by atoms with Gasteiger partial charge in [0.15, 0.2) is 0 Å². The number of carbonyl (C=O) groups is 2. The van der Waals surface area contributed by atoms with Gasteiger partial charge in [-0.05, 0) is 30.9 Å². The van der Waals surface area contributed by atoms with Gasteiger partial charge in [0.05, 0.1) is 37.5 Å². The summed E-state index contributed by atoms with van der Waals surface area (Å²) < 4.78 is 15.1. The predicted octanol–water partition coefficient (Wildman–Crippen LogP) is 4.66. The summed E-state index contributed by atoms with van der Waals surface area (Å²) in [5, 5.41) is 7.79. The summed E-state index contributed by atoms with van der Waals surface area (Å²) in [6, 6.07) is 11.2. The van der Waals surface area contributed by atoms with E-state index in [-0.39, 0.29) is 12.7 Å². The van der Waals surface area contributed by atoms with E-state index < -0.39 is 5.97 Å². The molecule has 0 atom stereocenters. The number of anilines is 2. The molecule has 0 spiro atoms. The first-order valence-electron chi connectivity index (χ1n) is 10.3. The van der Waals surface area contributed by atoms with Crippen LogP contribution >= 0.6 is 0 Å². The monoisotopic (exact) mass is 430 g/mol. The van der Waals surface area contributed by atoms with E-state index in [2.05, 4.69) is 9.72 Å². The van der Waals surface area contributed by atoms with Crippen LogP contribution in [-0.2, 0) is 14.3 Å². The lowest BCUT2D eigenvalue weighted by molar-refractivity contribution is -0.141. The molecule has 168 valence electrons. The number of carboxylic acids is 1. The molecule has 0 aliphatic heterocycles. The topological polar surface area (TPSA) is 98.2 Å². The third-order valence-electron chi connectivity index (χ3n) is 4.82. The quantitative estimate of drug-likeness (QED) is 0.682. The van der Waals surface area contributed by atoms with Crippen LogP contribution in [0.1, 0.15) is 32.1 Å². The second-order valence-corrected chi connectivity index (χ2v) is 7.16. The number of benzene rings is 1. The van der Waals surface area contributed by atoms with Crippen LogP contribution in [0.3, 0.4) is 0 Å². The zero-order valence-electron chi connectivity index (χ0n) is 18.0. The van der Waals surface area contributed by atoms with Crippen LogP contribution in [0.25, 0.3) is 0 Å². The Balaban J connectivity index is 0.000000501. The van der Waals surface area contributed by atoms with Gasteiger partial charge < -0.3 is 19.3 Å². The first kappa shape index (κ1) is 24.1. The fraction of sp³-hybridized carbons (Fsp3) is 0.435. The molecule has 0 unspecified atom stereocenters. The van der Waals surface area contributed by atoms with Crippen molar-refractivity contribution in [1.29, 1.82) is 0 Å². The minimum atomic E-state index is -0.933. The van der Waals surface area contributed by atoms with Gasteiger partial charge in [-0.25, -0.2) is 14.5 Å². The van der Waals surface area contributed by atoms with Gasteiger partial charge in [-0.15, -0.1) is 0 Å². The number of hydrogen-bond acceptors (Lipinski definition) is 6. The molecule has 1 aliphatic rings. The number of methoxy groups -OCH3 is 2. The second-order valence-electron chi connectivity index (χ2n) is 7.16. The molecule has 1 aliphatic carbocycles. The molecule has 1 aromatic carbocycles. The minimum absolute atomic E-state index is 0.208. The number of aliphatic carboxylic acids is 1. The van der Waals surface area contributed by atoms with Gasteiger partial charge in [-0.3, -0.25) is 4.98 Å². The van der Waals surface area contributed by atoms with Crippen LogP contribution in [0.15, 0.2) is 48.8 Å². The van der Waals surface area contributed by atoms with Gasteiger partial charge in [0.2, 0.25) is 0 Å². The number of rotatable bonds is 7. The van der Waals surface area contributed by atoms with Crippen molar-refractivity contribution in [3.05, 3.63) is 48.8 Å². The molecule has 3 rings (SSSR count). The fourth-order valence-electron chi connectivity index (χ4n) is 3.31. The maximum absolute atomic E-state index is 12.8. The summed E-state index contributed by atoms with van der Waals surface area (Å²) in [6.45, 7) is 0.263. The molecular formula is C23H30N2O6. The van der Waals surface area contributed by atoms with Crippen molar-refractivity contribution in [2.45, 2.75) is 32.1 Å². The van der Waals surface area contributed by atoms with Crippen molar-refractivity contribution in [3.8, 4) is 5.75 Å². The number of amides is 1. The van der Waals surface area contributed by atoms with E-state index >= 15 is 0 Å². The van der Waals surface area contributed by atoms with E-state index in [0.29, 0.717) is 24.0 Å². The summed E-state index contributed by atoms with van der Waals surface area (Å²) in [5.74, 6) is 0.134. The van der Waals surface area contributed by atoms with Gasteiger partial charge in [0.25, 0.3) is 0 Å². The van der Waals surface area contributed by atoms with Gasteiger partial charge in [-0.1, -0.05) is 37.5 Å². The third-order valence-corrected chi connectivity index (χ3v) is 4.82. The number of carboxylic acid groups (broad SMARTS) is 1. The Morgan fingerprint density at radius 2 is 1.77 bits per heavy atom. The Kier molecular flexibility index (Phi) is 10.3. The minimum Gasteiger partial charge on any atom is -0.495 e. The van der Waals surface area contributed by atoms with Crippen LogP contribution < -0.4 is 9.64 Å². The first-order chi connectivity index (χ1) is 15.0. The largest absolute Gasteiger partial charge is 0.495 e. The smallest absolute Gasteiger partial charge is 0.419 e. The second kappa shape index (κ2) is 13.2. The maximum atomic E-state index is 12.8. The molecule has 1 saturated carbocycles. The molecule has 1 heterocycles. The summed E-state index contributed by atoms with van der Waals surface area (Å²) in [6.07, 6.45) is 8.88. The van der Waals surface area contributed by atoms with Crippen LogP contribution in [0.5, 0.6) is 5.75 Å². The average molecular weight is 431 g/mol. The van der Waals surface area contributed by atoms with E-state index in [1.54, 1.807) is 30.5 Å². The zero-order valence-corrected chi connectivity index (χ0v) is 18.0. The fourth-order valence-corrected chi connectivity index (χ4v) is 3.31. The lowest BCUT2D eigenvalue weighted by atomic mass is 9.90. The molecule has 1 aromatic heterocycles. The molecule has 1 N–H and O–H groups in total. The predicted molar refractivity (Wildman–Crippen MR) is 117 cm³/mol. The number of aromatic nitrogens is 1. The molecule has 0 radical (unpaired) electrons. The lowest BCUT2D eigenvalue weighted by Crippen LogP contribution is -2.29.